The van der Waals surface area contributed by atoms with Crippen molar-refractivity contribution >= 4 is 23.8 Å². The zero-order valence-corrected chi connectivity index (χ0v) is 41.3. The first-order valence-electron chi connectivity index (χ1n) is 25.0. The zero-order chi connectivity index (χ0) is 46.1. The molecule has 350 valence electrons. The minimum atomic E-state index is -0.831. The van der Waals surface area contributed by atoms with Crippen molar-refractivity contribution in [2.75, 3.05) is 0 Å². The van der Waals surface area contributed by atoms with Crippen LogP contribution in [0.4, 0.5) is 4.79 Å². The Balaban J connectivity index is 1.04. The molecule has 3 unspecified atom stereocenters. The SMILES string of the molecule is Cc1nnc(C(C)C)n1C(C)CC1CCC(C)N1C(=O)N[C@@]12CC[C@]3(C)[C@H](CC[C@@H]4[C@@]5(C)CC[C@H](OC(=O)[C@H]6C[C@@H](C(=O)O)C6(C)C)C(C)(C)[C@@H]5CC[C@]43C)C1=C(C(C)C)C(=O)C2. The lowest BCUT2D eigenvalue weighted by Gasteiger charge is -2.72. The maximum absolute atomic E-state index is 15.0. The second-order valence-corrected chi connectivity index (χ2v) is 24.7. The van der Waals surface area contributed by atoms with Crippen molar-refractivity contribution in [3.63, 3.8) is 0 Å². The highest BCUT2D eigenvalue weighted by atomic mass is 16.5. The first-order chi connectivity index (χ1) is 29.3. The van der Waals surface area contributed by atoms with Crippen LogP contribution < -0.4 is 5.32 Å². The van der Waals surface area contributed by atoms with Gasteiger partial charge in [-0.2, -0.15) is 0 Å². The number of esters is 1. The summed E-state index contributed by atoms with van der Waals surface area (Å²) in [6.07, 6.45) is 11.0. The molecular formula is C52H81N5O6. The van der Waals surface area contributed by atoms with Crippen molar-refractivity contribution in [2.24, 2.45) is 62.6 Å². The maximum Gasteiger partial charge on any atom is 0.318 e. The van der Waals surface area contributed by atoms with E-state index in [2.05, 4.69) is 101 Å². The van der Waals surface area contributed by atoms with Crippen LogP contribution in [0.25, 0.3) is 0 Å². The molecule has 1 aromatic heterocycles. The third-order valence-corrected chi connectivity index (χ3v) is 20.3. The van der Waals surface area contributed by atoms with E-state index < -0.39 is 22.8 Å². The maximum atomic E-state index is 15.0. The fourth-order valence-electron chi connectivity index (χ4n) is 16.7. The van der Waals surface area contributed by atoms with Crippen LogP contribution in [0.2, 0.25) is 0 Å². The molecule has 7 aliphatic rings. The zero-order valence-electron chi connectivity index (χ0n) is 41.3. The lowest BCUT2D eigenvalue weighted by Crippen LogP contribution is -2.68. The molecule has 0 radical (unpaired) electrons. The fourth-order valence-corrected chi connectivity index (χ4v) is 16.7. The molecule has 11 heteroatoms. The molecule has 0 aromatic carbocycles. The lowest BCUT2D eigenvalue weighted by atomic mass is 9.33. The molecule has 63 heavy (non-hydrogen) atoms. The summed E-state index contributed by atoms with van der Waals surface area (Å²) in [5.41, 5.74) is 0.758. The minimum Gasteiger partial charge on any atom is -0.481 e. The quantitative estimate of drug-likeness (QED) is 0.234. The van der Waals surface area contributed by atoms with Crippen molar-refractivity contribution in [2.45, 2.75) is 216 Å². The van der Waals surface area contributed by atoms with Crippen LogP contribution >= 0.6 is 0 Å². The summed E-state index contributed by atoms with van der Waals surface area (Å²) in [6.45, 7) is 31.2. The van der Waals surface area contributed by atoms with E-state index in [-0.39, 0.29) is 87.3 Å². The van der Waals surface area contributed by atoms with Crippen molar-refractivity contribution < 1.29 is 29.0 Å². The van der Waals surface area contributed by atoms with Crippen LogP contribution in [-0.2, 0) is 19.1 Å². The Morgan fingerprint density at radius 3 is 2.14 bits per heavy atom. The van der Waals surface area contributed by atoms with Crippen molar-refractivity contribution in [3.8, 4) is 0 Å². The van der Waals surface area contributed by atoms with Crippen LogP contribution in [0.3, 0.4) is 0 Å². The second kappa shape index (κ2) is 15.4. The number of rotatable bonds is 9. The number of carboxylic acid groups (broad SMARTS) is 1. The Morgan fingerprint density at radius 2 is 1.51 bits per heavy atom. The number of hydrogen-bond donors (Lipinski definition) is 2. The Labute approximate surface area is 378 Å². The first kappa shape index (κ1) is 46.3. The van der Waals surface area contributed by atoms with Gasteiger partial charge >= 0.3 is 18.0 Å². The number of fused-ring (bicyclic) bond motifs is 7. The molecule has 13 atom stereocenters. The van der Waals surface area contributed by atoms with Gasteiger partial charge in [0.15, 0.2) is 5.78 Å². The van der Waals surface area contributed by atoms with Crippen LogP contribution in [-0.4, -0.2) is 72.3 Å². The summed E-state index contributed by atoms with van der Waals surface area (Å²) in [5.74, 6) is 1.54. The van der Waals surface area contributed by atoms with E-state index in [1.54, 1.807) is 0 Å². The summed E-state index contributed by atoms with van der Waals surface area (Å²) < 4.78 is 8.72. The summed E-state index contributed by atoms with van der Waals surface area (Å²) >= 11 is 0. The standard InChI is InChI=1S/C52H81N5O6/c1-28(2)41-37(58)27-52(53-46(62)57-30(5)15-16-33(57)25-31(6)56-32(7)54-55-43(56)29(3)4)24-23-50(13)34(42(41)52)17-18-39-49(12)21-20-40(48(10,11)38(49)19-22-51(39,50)14)63-45(61)36-26-35(44(59)60)47(36,8)9/h28-31,33-36,38-40H,15-27H2,1-14H3,(H,53,62)(H,59,60)/t30?,31?,33?,34-,35+,36-,38+,39-,40+,49+,50-,51-,52-/m1/s1. The Hall–Kier alpha value is -3.24. The van der Waals surface area contributed by atoms with Crippen LogP contribution in [0.15, 0.2) is 11.1 Å². The molecule has 6 fully saturated rings. The molecule has 0 spiro atoms. The average molecular weight is 872 g/mol. The van der Waals surface area contributed by atoms with E-state index >= 15 is 0 Å². The highest BCUT2D eigenvalue weighted by molar-refractivity contribution is 6.02. The van der Waals surface area contributed by atoms with Crippen molar-refractivity contribution in [1.82, 2.24) is 25.0 Å². The molecular weight excluding hydrogens is 791 g/mol. The minimum absolute atomic E-state index is 0.0177. The fraction of sp³-hybridized carbons (Fsp3) is 0.846. The highest BCUT2D eigenvalue weighted by Crippen LogP contribution is 2.76. The third kappa shape index (κ3) is 6.73. The van der Waals surface area contributed by atoms with E-state index in [0.29, 0.717) is 24.7 Å². The molecule has 8 rings (SSSR count). The van der Waals surface area contributed by atoms with E-state index in [4.69, 9.17) is 4.74 Å². The van der Waals surface area contributed by atoms with Gasteiger partial charge in [0.25, 0.3) is 0 Å². The molecule has 1 aliphatic heterocycles. The summed E-state index contributed by atoms with van der Waals surface area (Å²) in [7, 11) is 0. The smallest absolute Gasteiger partial charge is 0.318 e. The number of likely N-dealkylation sites (tertiary alicyclic amines) is 1. The molecule has 11 nitrogen and oxygen atoms in total. The number of hydrogen-bond acceptors (Lipinski definition) is 7. The number of nitrogens with one attached hydrogen (secondary N) is 1. The number of nitrogens with zero attached hydrogens (tertiary/aromatic N) is 4. The van der Waals surface area contributed by atoms with Gasteiger partial charge in [-0.15, -0.1) is 10.2 Å². The lowest BCUT2D eigenvalue weighted by molar-refractivity contribution is -0.235. The predicted molar refractivity (Wildman–Crippen MR) is 244 cm³/mol. The Bertz CT molecular complexity index is 2070. The van der Waals surface area contributed by atoms with Gasteiger partial charge in [0, 0.05) is 35.9 Å². The Morgan fingerprint density at radius 1 is 0.810 bits per heavy atom. The van der Waals surface area contributed by atoms with Gasteiger partial charge in [-0.05, 0) is 154 Å². The number of carbonyl (C=O) groups excluding carboxylic acids is 3. The number of ketones is 1. The van der Waals surface area contributed by atoms with Gasteiger partial charge < -0.3 is 24.6 Å². The normalized spacial score (nSPS) is 40.8. The molecule has 1 saturated heterocycles. The molecule has 6 aliphatic carbocycles. The summed E-state index contributed by atoms with van der Waals surface area (Å²) in [6, 6.07) is 0.314. The molecule has 2 heterocycles. The number of aromatic nitrogens is 3. The van der Waals surface area contributed by atoms with Gasteiger partial charge in [0.2, 0.25) is 0 Å². The number of aliphatic carboxylic acids is 1. The van der Waals surface area contributed by atoms with Gasteiger partial charge in [-0.3, -0.25) is 14.4 Å². The first-order valence-corrected chi connectivity index (χ1v) is 25.0. The summed E-state index contributed by atoms with van der Waals surface area (Å²) in [4.78, 5) is 57.1. The molecule has 0 bridgehead atoms. The number of aryl methyl sites for hydroxylation is 1. The van der Waals surface area contributed by atoms with Crippen LogP contribution in [0.5, 0.6) is 0 Å². The summed E-state index contributed by atoms with van der Waals surface area (Å²) in [5, 5.41) is 22.4. The van der Waals surface area contributed by atoms with Crippen molar-refractivity contribution in [1.29, 1.82) is 0 Å². The number of urea groups is 1. The number of allylic oxidation sites excluding steroid dienone is 1. The number of amides is 2. The number of carboxylic acids is 1. The van der Waals surface area contributed by atoms with Crippen molar-refractivity contribution in [3.05, 3.63) is 22.8 Å². The average Bonchev–Trinajstić information content (AvgIpc) is 3.84. The monoisotopic (exact) mass is 872 g/mol. The largest absolute Gasteiger partial charge is 0.481 e. The second-order valence-electron chi connectivity index (χ2n) is 24.7. The van der Waals surface area contributed by atoms with Crippen LogP contribution in [0.1, 0.15) is 197 Å². The molecule has 2 N–H and O–H groups in total. The number of ether oxygens (including phenoxy) is 1. The molecule has 1 aromatic rings. The topological polar surface area (TPSA) is 144 Å². The van der Waals surface area contributed by atoms with Crippen LogP contribution in [0, 0.1) is 69.5 Å². The van der Waals surface area contributed by atoms with Gasteiger partial charge in [-0.1, -0.05) is 76.2 Å². The third-order valence-electron chi connectivity index (χ3n) is 20.3. The van der Waals surface area contributed by atoms with E-state index in [1.165, 1.54) is 5.57 Å². The van der Waals surface area contributed by atoms with Gasteiger partial charge in [0.1, 0.15) is 17.8 Å². The molecule has 2 amide bonds. The van der Waals surface area contributed by atoms with E-state index in [1.807, 2.05) is 20.8 Å². The van der Waals surface area contributed by atoms with E-state index in [9.17, 15) is 24.3 Å². The Kier molecular flexibility index (Phi) is 11.3. The predicted octanol–water partition coefficient (Wildman–Crippen LogP) is 10.6. The van der Waals surface area contributed by atoms with Gasteiger partial charge in [0.05, 0.1) is 17.4 Å². The number of carbonyl (C=O) groups is 4. The highest BCUT2D eigenvalue weighted by Gasteiger charge is 2.71. The van der Waals surface area contributed by atoms with E-state index in [0.717, 1.165) is 87.9 Å². The number of Topliss-reactive ketones (excluding diaryl/α,β-unsaturated/α-hetero) is 1. The molecule has 5 saturated carbocycles. The van der Waals surface area contributed by atoms with Gasteiger partial charge in [-0.25, -0.2) is 4.79 Å².